The van der Waals surface area contributed by atoms with Crippen LogP contribution in [-0.4, -0.2) is 4.98 Å². The van der Waals surface area contributed by atoms with Crippen molar-refractivity contribution in [3.05, 3.63) is 53.0 Å². The van der Waals surface area contributed by atoms with E-state index < -0.39 is 0 Å². The first kappa shape index (κ1) is 4.91. The molecule has 1 aromatic heterocycles. The van der Waals surface area contributed by atoms with E-state index in [-0.39, 0.29) is 30.0 Å². The Balaban J connectivity index is 2.68. The van der Waals surface area contributed by atoms with Crippen LogP contribution in [0.4, 0.5) is 0 Å². The minimum absolute atomic E-state index is 0.121. The van der Waals surface area contributed by atoms with Crippen LogP contribution in [0.15, 0.2) is 53.0 Å². The molecular formula is C11H8BrN. The fourth-order valence-corrected chi connectivity index (χ4v) is 1.40. The molecule has 0 aliphatic rings. The van der Waals surface area contributed by atoms with Gasteiger partial charge in [0.2, 0.25) is 0 Å². The van der Waals surface area contributed by atoms with Crippen molar-refractivity contribution in [2.45, 2.75) is 0 Å². The molecule has 1 aromatic carbocycles. The summed E-state index contributed by atoms with van der Waals surface area (Å²) in [5, 5.41) is 0. The number of benzene rings is 1. The molecule has 0 N–H and O–H groups in total. The highest BCUT2D eigenvalue weighted by atomic mass is 79.9. The largest absolute Gasteiger partial charge is 0.256 e. The van der Waals surface area contributed by atoms with Crippen LogP contribution < -0.4 is 0 Å². The predicted molar refractivity (Wildman–Crippen MR) is 57.4 cm³/mol. The van der Waals surface area contributed by atoms with Crippen molar-refractivity contribution in [1.29, 1.82) is 0 Å². The van der Waals surface area contributed by atoms with Gasteiger partial charge in [-0.05, 0) is 24.2 Å². The van der Waals surface area contributed by atoms with Crippen molar-refractivity contribution >= 4 is 15.9 Å². The minimum atomic E-state index is -0.311. The Bertz CT molecular complexity index is 586. The maximum absolute atomic E-state index is 7.77. The van der Waals surface area contributed by atoms with E-state index in [0.29, 0.717) is 5.56 Å². The number of halogens is 1. The second-order valence-corrected chi connectivity index (χ2v) is 3.37. The fourth-order valence-electron chi connectivity index (χ4n) is 1.00. The smallest absolute Gasteiger partial charge is 0.0840 e. The number of aromatic nitrogens is 1. The van der Waals surface area contributed by atoms with E-state index in [9.17, 15) is 0 Å². The molecule has 2 aromatic rings. The van der Waals surface area contributed by atoms with Gasteiger partial charge in [0.15, 0.2) is 0 Å². The Hall–Kier alpha value is -1.15. The first-order valence-corrected chi connectivity index (χ1v) is 4.50. The maximum atomic E-state index is 7.77. The first-order chi connectivity index (χ1) is 8.00. The van der Waals surface area contributed by atoms with E-state index in [1.165, 1.54) is 0 Å². The van der Waals surface area contributed by atoms with E-state index in [1.54, 1.807) is 18.2 Å². The number of rotatable bonds is 1. The van der Waals surface area contributed by atoms with E-state index in [4.69, 9.17) is 5.48 Å². The third kappa shape index (κ3) is 1.95. The second-order valence-electron chi connectivity index (χ2n) is 2.46. The molecule has 0 bridgehead atoms. The zero-order valence-electron chi connectivity index (χ0n) is 10.6. The van der Waals surface area contributed by atoms with Crippen molar-refractivity contribution in [3.8, 4) is 11.3 Å². The summed E-state index contributed by atoms with van der Waals surface area (Å²) in [6, 6.07) is 6.46. The number of nitrogens with zero attached hydrogens (tertiary/aromatic N) is 1. The molecule has 0 atom stereocenters. The van der Waals surface area contributed by atoms with Gasteiger partial charge in [0.1, 0.15) is 0 Å². The van der Waals surface area contributed by atoms with Gasteiger partial charge in [0, 0.05) is 16.2 Å². The van der Waals surface area contributed by atoms with Crippen molar-refractivity contribution in [1.82, 2.24) is 4.98 Å². The molecule has 1 nitrogen and oxygen atoms in total. The maximum Gasteiger partial charge on any atom is 0.0840 e. The third-order valence-corrected chi connectivity index (χ3v) is 2.06. The third-order valence-electron chi connectivity index (χ3n) is 1.57. The van der Waals surface area contributed by atoms with E-state index in [2.05, 4.69) is 20.9 Å². The lowest BCUT2D eigenvalue weighted by Gasteiger charge is -1.99. The molecule has 0 fully saturated rings. The fraction of sp³-hybridized carbons (Fsp3) is 0. The van der Waals surface area contributed by atoms with Crippen LogP contribution in [0.3, 0.4) is 0 Å². The highest BCUT2D eigenvalue weighted by Crippen LogP contribution is 2.20. The van der Waals surface area contributed by atoms with Crippen molar-refractivity contribution in [2.24, 2.45) is 0 Å². The zero-order chi connectivity index (χ0) is 12.6. The van der Waals surface area contributed by atoms with Crippen LogP contribution in [-0.2, 0) is 0 Å². The van der Waals surface area contributed by atoms with Crippen LogP contribution in [0, 0.1) is 0 Å². The molecule has 2 heteroatoms. The lowest BCUT2D eigenvalue weighted by Crippen LogP contribution is -1.80. The molecule has 0 amide bonds. The highest BCUT2D eigenvalue weighted by molar-refractivity contribution is 9.10. The van der Waals surface area contributed by atoms with Crippen LogP contribution in [0.5, 0.6) is 0 Å². The van der Waals surface area contributed by atoms with Gasteiger partial charge in [-0.1, -0.05) is 34.1 Å². The summed E-state index contributed by atoms with van der Waals surface area (Å²) in [7, 11) is 0. The number of hydrogen-bond acceptors (Lipinski definition) is 1. The molecule has 0 saturated carbocycles. The lowest BCUT2D eigenvalue weighted by molar-refractivity contribution is 1.32. The predicted octanol–water partition coefficient (Wildman–Crippen LogP) is 3.51. The average Bonchev–Trinajstić information content (AvgIpc) is 2.31. The van der Waals surface area contributed by atoms with E-state index >= 15 is 0 Å². The normalized spacial score (nSPS) is 14.2. The second kappa shape index (κ2) is 3.71. The summed E-state index contributed by atoms with van der Waals surface area (Å²) in [4.78, 5) is 3.90. The van der Waals surface area contributed by atoms with Gasteiger partial charge in [0.05, 0.1) is 11.2 Å². The SMILES string of the molecule is [2H]c1nc(-c2cccc(Br)c2)c([2H])c([2H])c1[2H]. The Labute approximate surface area is 91.2 Å². The summed E-state index contributed by atoms with van der Waals surface area (Å²) in [5.74, 6) is 0. The van der Waals surface area contributed by atoms with Gasteiger partial charge >= 0.3 is 0 Å². The Morgan fingerprint density at radius 3 is 3.08 bits per heavy atom. The molecular weight excluding hydrogens is 226 g/mol. The summed E-state index contributed by atoms with van der Waals surface area (Å²) in [5.41, 5.74) is 0.920. The molecule has 13 heavy (non-hydrogen) atoms. The molecule has 64 valence electrons. The number of hydrogen-bond donors (Lipinski definition) is 0. The van der Waals surface area contributed by atoms with Crippen molar-refractivity contribution in [3.63, 3.8) is 0 Å². The van der Waals surface area contributed by atoms with Gasteiger partial charge in [-0.15, -0.1) is 0 Å². The molecule has 0 saturated heterocycles. The first-order valence-electron chi connectivity index (χ1n) is 5.71. The van der Waals surface area contributed by atoms with Gasteiger partial charge in [-0.2, -0.15) is 0 Å². The lowest BCUT2D eigenvalue weighted by atomic mass is 10.1. The molecule has 2 rings (SSSR count). The summed E-state index contributed by atoms with van der Waals surface area (Å²) < 4.78 is 31.1. The average molecular weight is 238 g/mol. The molecule has 1 heterocycles. The van der Waals surface area contributed by atoms with Crippen molar-refractivity contribution in [2.75, 3.05) is 0 Å². The van der Waals surface area contributed by atoms with Crippen LogP contribution in [0.25, 0.3) is 11.3 Å². The minimum Gasteiger partial charge on any atom is -0.256 e. The van der Waals surface area contributed by atoms with Gasteiger partial charge in [-0.3, -0.25) is 4.98 Å². The van der Waals surface area contributed by atoms with Crippen LogP contribution in [0.2, 0.25) is 0 Å². The topological polar surface area (TPSA) is 12.9 Å². The molecule has 0 aliphatic carbocycles. The molecule has 0 aliphatic heterocycles. The van der Waals surface area contributed by atoms with Crippen molar-refractivity contribution < 1.29 is 5.48 Å². The molecule has 0 radical (unpaired) electrons. The quantitative estimate of drug-likeness (QED) is 0.740. The van der Waals surface area contributed by atoms with Gasteiger partial charge < -0.3 is 0 Å². The summed E-state index contributed by atoms with van der Waals surface area (Å²) in [6.45, 7) is 0. The molecule has 0 unspecified atom stereocenters. The van der Waals surface area contributed by atoms with E-state index in [1.807, 2.05) is 6.07 Å². The highest BCUT2D eigenvalue weighted by Gasteiger charge is 1.96. The van der Waals surface area contributed by atoms with Gasteiger partial charge in [0.25, 0.3) is 0 Å². The van der Waals surface area contributed by atoms with Gasteiger partial charge in [-0.25, -0.2) is 0 Å². The zero-order valence-corrected chi connectivity index (χ0v) is 8.22. The molecule has 0 spiro atoms. The van der Waals surface area contributed by atoms with E-state index in [0.717, 1.165) is 4.47 Å². The standard InChI is InChI=1S/C11H8BrN/c12-10-5-3-4-9(8-10)11-6-1-2-7-13-11/h1-8H/i1D,2D,6D,7D. The Morgan fingerprint density at radius 2 is 2.23 bits per heavy atom. The van der Waals surface area contributed by atoms with Crippen LogP contribution in [0.1, 0.15) is 5.48 Å². The Kier molecular flexibility index (Phi) is 1.40. The summed E-state index contributed by atoms with van der Waals surface area (Å²) >= 11 is 3.32. The van der Waals surface area contributed by atoms with Crippen LogP contribution >= 0.6 is 15.9 Å². The number of pyridine rings is 1. The summed E-state index contributed by atoms with van der Waals surface area (Å²) in [6.07, 6.45) is -0.277. The monoisotopic (exact) mass is 237 g/mol. The Morgan fingerprint density at radius 1 is 1.31 bits per heavy atom.